The maximum absolute atomic E-state index is 11.3. The number of aryl methyl sites for hydroxylation is 2. The van der Waals surface area contributed by atoms with Gasteiger partial charge in [-0.15, -0.1) is 0 Å². The molecule has 11 nitrogen and oxygen atoms in total. The van der Waals surface area contributed by atoms with E-state index in [9.17, 15) is 20.3 Å². The van der Waals surface area contributed by atoms with Crippen LogP contribution in [0.3, 0.4) is 0 Å². The smallest absolute Gasteiger partial charge is 0.271 e. The van der Waals surface area contributed by atoms with E-state index >= 15 is 0 Å². The lowest BCUT2D eigenvalue weighted by molar-refractivity contribution is -0.384. The summed E-state index contributed by atoms with van der Waals surface area (Å²) in [5.74, 6) is 0.340. The highest BCUT2D eigenvalue weighted by Gasteiger charge is 2.26. The highest BCUT2D eigenvalue weighted by Crippen LogP contribution is 2.49. The van der Waals surface area contributed by atoms with Crippen molar-refractivity contribution in [2.75, 3.05) is 6.61 Å². The summed E-state index contributed by atoms with van der Waals surface area (Å²) in [7, 11) is 3.69. The lowest BCUT2D eigenvalue weighted by atomic mass is 9.97. The van der Waals surface area contributed by atoms with Gasteiger partial charge in [0.15, 0.2) is 11.8 Å². The summed E-state index contributed by atoms with van der Waals surface area (Å²) in [6.45, 7) is 1.15. The summed E-state index contributed by atoms with van der Waals surface area (Å²) in [6, 6.07) is 10.3. The van der Waals surface area contributed by atoms with Crippen LogP contribution in [0.4, 0.5) is 5.69 Å². The van der Waals surface area contributed by atoms with Gasteiger partial charge in [-0.25, -0.2) is 4.98 Å². The molecule has 3 N–H and O–H groups in total. The minimum absolute atomic E-state index is 0.0243. The normalized spacial score (nSPS) is 11.5. The molecule has 192 valence electrons. The molecule has 4 aromatic heterocycles. The number of aromatic hydroxyl groups is 2. The molecule has 0 atom stereocenters. The van der Waals surface area contributed by atoms with Crippen LogP contribution in [0.15, 0.2) is 67.5 Å². The molecule has 0 aliphatic carbocycles. The molecule has 0 saturated heterocycles. The van der Waals surface area contributed by atoms with E-state index < -0.39 is 4.92 Å². The minimum Gasteiger partial charge on any atom is -0.494 e. The number of fused-ring (bicyclic) bond motifs is 2. The Hall–Kier alpha value is -5.19. The van der Waals surface area contributed by atoms with Gasteiger partial charge in [0.05, 0.1) is 40.0 Å². The Labute approximate surface area is 215 Å². The molecule has 0 fully saturated rings. The van der Waals surface area contributed by atoms with Crippen molar-refractivity contribution in [1.82, 2.24) is 23.7 Å². The first kappa shape index (κ1) is 23.2. The van der Waals surface area contributed by atoms with Crippen LogP contribution in [0.2, 0.25) is 0 Å². The maximum atomic E-state index is 11.3. The first-order valence-corrected chi connectivity index (χ1v) is 11.9. The number of rotatable bonds is 7. The van der Waals surface area contributed by atoms with Gasteiger partial charge < -0.3 is 28.7 Å². The van der Waals surface area contributed by atoms with Gasteiger partial charge in [-0.2, -0.15) is 0 Å². The van der Waals surface area contributed by atoms with Crippen molar-refractivity contribution in [3.8, 4) is 39.8 Å². The van der Waals surface area contributed by atoms with Crippen LogP contribution in [-0.2, 0) is 20.6 Å². The van der Waals surface area contributed by atoms with Crippen LogP contribution in [0.1, 0.15) is 0 Å². The number of aromatic amines is 1. The van der Waals surface area contributed by atoms with Gasteiger partial charge in [0.25, 0.3) is 5.69 Å². The number of ether oxygens (including phenoxy) is 1. The second-order valence-electron chi connectivity index (χ2n) is 9.17. The first-order chi connectivity index (χ1) is 18.3. The van der Waals surface area contributed by atoms with Crippen molar-refractivity contribution in [2.45, 2.75) is 6.54 Å². The molecule has 4 heterocycles. The Kier molecular flexibility index (Phi) is 5.34. The zero-order valence-corrected chi connectivity index (χ0v) is 20.6. The second-order valence-corrected chi connectivity index (χ2v) is 9.17. The summed E-state index contributed by atoms with van der Waals surface area (Å²) in [5.41, 5.74) is 3.70. The molecule has 38 heavy (non-hydrogen) atoms. The van der Waals surface area contributed by atoms with E-state index in [1.54, 1.807) is 36.4 Å². The van der Waals surface area contributed by atoms with Gasteiger partial charge in [-0.1, -0.05) is 0 Å². The minimum atomic E-state index is -0.442. The lowest BCUT2D eigenvalue weighted by Crippen LogP contribution is -2.06. The third kappa shape index (κ3) is 3.72. The van der Waals surface area contributed by atoms with E-state index in [2.05, 4.69) is 9.97 Å². The zero-order valence-electron chi connectivity index (χ0n) is 20.6. The molecule has 6 rings (SSSR count). The average Bonchev–Trinajstić information content (AvgIpc) is 3.65. The number of nitrogens with one attached hydrogen (secondary N) is 1. The van der Waals surface area contributed by atoms with Crippen molar-refractivity contribution in [2.24, 2.45) is 14.1 Å². The maximum Gasteiger partial charge on any atom is 0.271 e. The number of H-pyrrole nitrogens is 1. The topological polar surface area (TPSA) is 136 Å². The largest absolute Gasteiger partial charge is 0.494 e. The number of imidazole rings is 1. The van der Waals surface area contributed by atoms with Gasteiger partial charge in [-0.3, -0.25) is 15.1 Å². The van der Waals surface area contributed by atoms with E-state index in [0.717, 1.165) is 16.5 Å². The monoisotopic (exact) mass is 512 g/mol. The highest BCUT2D eigenvalue weighted by molar-refractivity contribution is 6.08. The fourth-order valence-electron chi connectivity index (χ4n) is 5.02. The summed E-state index contributed by atoms with van der Waals surface area (Å²) in [5, 5.41) is 34.6. The van der Waals surface area contributed by atoms with Gasteiger partial charge in [0.1, 0.15) is 12.4 Å². The van der Waals surface area contributed by atoms with Crippen LogP contribution in [-0.4, -0.2) is 45.4 Å². The Balaban J connectivity index is 1.43. The fourth-order valence-corrected chi connectivity index (χ4v) is 5.02. The molecule has 0 spiro atoms. The quantitative estimate of drug-likeness (QED) is 0.205. The third-order valence-corrected chi connectivity index (χ3v) is 6.82. The predicted octanol–water partition coefficient (Wildman–Crippen LogP) is 4.93. The van der Waals surface area contributed by atoms with Crippen LogP contribution < -0.4 is 4.74 Å². The average molecular weight is 513 g/mol. The number of nitrogens with zero attached hydrogens (tertiary/aromatic N) is 5. The van der Waals surface area contributed by atoms with E-state index in [1.165, 1.54) is 12.1 Å². The standard InChI is InChI=1S/C27H24N6O5/c1-30-13-20(18-5-3-16(33(36)37)11-22(18)30)24-25(27(35)29-26(24)34)21-14-31(2)23-12-17(4-6-19(21)23)38-10-9-32-8-7-28-15-32/h3-8,11-15,29,34-35H,9-10H2,1-2H3. The number of nitro groups is 1. The van der Waals surface area contributed by atoms with E-state index in [-0.39, 0.29) is 17.4 Å². The predicted molar refractivity (Wildman–Crippen MR) is 142 cm³/mol. The van der Waals surface area contributed by atoms with Crippen molar-refractivity contribution in [3.63, 3.8) is 0 Å². The summed E-state index contributed by atoms with van der Waals surface area (Å²) < 4.78 is 11.6. The number of hydrogen-bond acceptors (Lipinski definition) is 6. The van der Waals surface area contributed by atoms with Gasteiger partial charge in [-0.05, 0) is 18.2 Å². The van der Waals surface area contributed by atoms with Crippen molar-refractivity contribution >= 4 is 27.5 Å². The number of benzene rings is 2. The summed E-state index contributed by atoms with van der Waals surface area (Å²) in [6.07, 6.45) is 9.02. The van der Waals surface area contributed by atoms with E-state index in [0.29, 0.717) is 46.5 Å². The van der Waals surface area contributed by atoms with E-state index in [4.69, 9.17) is 4.74 Å². The van der Waals surface area contributed by atoms with Gasteiger partial charge in [0.2, 0.25) is 0 Å². The summed E-state index contributed by atoms with van der Waals surface area (Å²) >= 11 is 0. The van der Waals surface area contributed by atoms with Crippen molar-refractivity contribution in [1.29, 1.82) is 0 Å². The number of nitro benzene ring substituents is 1. The molecular formula is C27H24N6O5. The molecule has 11 heteroatoms. The Morgan fingerprint density at radius 1 is 0.974 bits per heavy atom. The van der Waals surface area contributed by atoms with Crippen molar-refractivity contribution in [3.05, 3.63) is 77.6 Å². The molecule has 0 aliphatic rings. The number of non-ortho nitro benzene ring substituents is 1. The molecule has 0 amide bonds. The molecule has 0 radical (unpaired) electrons. The zero-order chi connectivity index (χ0) is 26.6. The molecular weight excluding hydrogens is 488 g/mol. The molecule has 2 aromatic carbocycles. The van der Waals surface area contributed by atoms with Crippen LogP contribution >= 0.6 is 0 Å². The fraction of sp³-hybridized carbons (Fsp3) is 0.148. The van der Waals surface area contributed by atoms with Crippen LogP contribution in [0, 0.1) is 10.1 Å². The highest BCUT2D eigenvalue weighted by atomic mass is 16.6. The summed E-state index contributed by atoms with van der Waals surface area (Å²) in [4.78, 5) is 17.5. The molecule has 0 saturated carbocycles. The SMILES string of the molecule is Cn1cc(-c2c(O)[nH]c(O)c2-c2cn(C)c3cc([N+](=O)[O-])ccc23)c2ccc(OCCn3ccnc3)cc21. The number of aromatic nitrogens is 5. The van der Waals surface area contributed by atoms with Crippen LogP contribution in [0.5, 0.6) is 17.5 Å². The Morgan fingerprint density at radius 3 is 2.21 bits per heavy atom. The number of hydrogen-bond donors (Lipinski definition) is 3. The third-order valence-electron chi connectivity index (χ3n) is 6.82. The molecule has 6 aromatic rings. The molecule has 0 unspecified atom stereocenters. The molecule has 0 aliphatic heterocycles. The molecule has 0 bridgehead atoms. The van der Waals surface area contributed by atoms with Gasteiger partial charge in [0, 0.05) is 79.0 Å². The Bertz CT molecular complexity index is 1830. The van der Waals surface area contributed by atoms with Gasteiger partial charge >= 0.3 is 0 Å². The Morgan fingerprint density at radius 2 is 1.61 bits per heavy atom. The van der Waals surface area contributed by atoms with E-state index in [1.807, 2.05) is 46.8 Å². The van der Waals surface area contributed by atoms with Crippen molar-refractivity contribution < 1.29 is 19.9 Å². The lowest BCUT2D eigenvalue weighted by Gasteiger charge is -2.08. The first-order valence-electron chi connectivity index (χ1n) is 11.9. The second kappa shape index (κ2) is 8.73. The van der Waals surface area contributed by atoms with Crippen LogP contribution in [0.25, 0.3) is 44.1 Å².